The summed E-state index contributed by atoms with van der Waals surface area (Å²) in [5.74, 6) is -0.620. The topological polar surface area (TPSA) is 93.1 Å². The number of ether oxygens (including phenoxy) is 2. The van der Waals surface area contributed by atoms with Crippen LogP contribution in [0.25, 0.3) is 30.6 Å². The Morgan fingerprint density at radius 1 is 0.667 bits per heavy atom. The van der Waals surface area contributed by atoms with Crippen LogP contribution in [0.4, 0.5) is 0 Å². The number of fused-ring (bicyclic) bond motifs is 2. The van der Waals surface area contributed by atoms with E-state index in [0.717, 1.165) is 25.0 Å². The molecule has 0 unspecified atom stereocenters. The molecule has 212 valence electrons. The minimum absolute atomic E-state index is 0.298. The number of hydrogen-bond donors (Lipinski definition) is 2. The van der Waals surface area contributed by atoms with Crippen molar-refractivity contribution >= 4 is 82.6 Å². The molecule has 2 N–H and O–H groups in total. The molecule has 2 heterocycles. The molecule has 6 aromatic rings. The van der Waals surface area contributed by atoms with Gasteiger partial charge in [-0.25, -0.2) is 9.59 Å². The number of rotatable bonds is 4. The van der Waals surface area contributed by atoms with Crippen LogP contribution in [-0.4, -0.2) is 43.3 Å². The Kier molecular flexibility index (Phi) is 11.1. The Morgan fingerprint density at radius 3 is 1.74 bits per heavy atom. The lowest BCUT2D eigenvalue weighted by Gasteiger charge is -2.05. The van der Waals surface area contributed by atoms with Gasteiger partial charge in [-0.3, -0.25) is 0 Å². The second-order valence-corrected chi connectivity index (χ2v) is 11.8. The quantitative estimate of drug-likeness (QED) is 0.154. The molecule has 10 heteroatoms. The summed E-state index contributed by atoms with van der Waals surface area (Å²) in [5.41, 5.74) is 2.09. The second-order valence-electron chi connectivity index (χ2n) is 8.72. The maximum Gasteiger partial charge on any atom is 0.499 e. The zero-order valence-electron chi connectivity index (χ0n) is 22.7. The Balaban J connectivity index is 0.000000153. The third-order valence-electron chi connectivity index (χ3n) is 6.00. The van der Waals surface area contributed by atoms with Gasteiger partial charge in [-0.2, -0.15) is 0 Å². The zero-order chi connectivity index (χ0) is 30.1. The van der Waals surface area contributed by atoms with Crippen LogP contribution in [0.5, 0.6) is 0 Å². The average molecular weight is 661 g/mol. The van der Waals surface area contributed by atoms with Crippen molar-refractivity contribution in [3.63, 3.8) is 0 Å². The normalized spacial score (nSPS) is 10.2. The summed E-state index contributed by atoms with van der Waals surface area (Å²) >= 11 is 6.33. The third kappa shape index (κ3) is 7.73. The minimum Gasteiger partial charge on any atom is -0.465 e. The Bertz CT molecular complexity index is 1750. The van der Waals surface area contributed by atoms with Crippen LogP contribution in [0.1, 0.15) is 20.7 Å². The first-order chi connectivity index (χ1) is 20.3. The summed E-state index contributed by atoms with van der Waals surface area (Å²) in [5, 5.41) is 20.0. The summed E-state index contributed by atoms with van der Waals surface area (Å²) in [7, 11) is 1.42. The molecule has 0 radical (unpaired) electrons. The predicted molar refractivity (Wildman–Crippen MR) is 176 cm³/mol. The van der Waals surface area contributed by atoms with E-state index in [1.807, 2.05) is 60.7 Å². The van der Waals surface area contributed by atoms with Crippen molar-refractivity contribution in [2.75, 3.05) is 14.2 Å². The summed E-state index contributed by atoms with van der Waals surface area (Å²) in [6.07, 6.45) is 0. The first-order valence-corrected chi connectivity index (χ1v) is 15.1. The van der Waals surface area contributed by atoms with Gasteiger partial charge in [0.25, 0.3) is 0 Å². The highest BCUT2D eigenvalue weighted by Gasteiger charge is 2.15. The van der Waals surface area contributed by atoms with E-state index in [1.165, 1.54) is 35.6 Å². The van der Waals surface area contributed by atoms with Crippen molar-refractivity contribution in [3.05, 3.63) is 125 Å². The predicted octanol–water partition coefficient (Wildman–Crippen LogP) is 7.17. The van der Waals surface area contributed by atoms with Gasteiger partial charge in [-0.05, 0) is 69.2 Å². The molecular formula is C32H26BBrO6S2. The van der Waals surface area contributed by atoms with Crippen molar-refractivity contribution < 1.29 is 29.1 Å². The number of carbonyl (C=O) groups excluding carboxylic acids is 2. The van der Waals surface area contributed by atoms with E-state index in [0.29, 0.717) is 15.9 Å². The highest BCUT2D eigenvalue weighted by molar-refractivity contribution is 9.10. The largest absolute Gasteiger partial charge is 0.499 e. The standard InChI is InChI=1S/C16H12O2S.C8H7BO2S.C8H7BrO2/c1-18-16(17)13-8-4-3-7-12(13)15-10-11-6-2-5-9-14(11)19-15;10-9(11)8-5-6-3-1-2-4-7(6)12-8;1-11-8(10)6-4-2-3-5-7(6)9/h2-10H,1H3;1-5,10-11H;2-5H,1H3. The molecule has 0 atom stereocenters. The molecular weight excluding hydrogens is 635 g/mol. The molecule has 0 aliphatic heterocycles. The maximum atomic E-state index is 11.8. The fraction of sp³-hybridized carbons (Fsp3) is 0.0625. The van der Waals surface area contributed by atoms with Gasteiger partial charge >= 0.3 is 19.1 Å². The van der Waals surface area contributed by atoms with Crippen LogP contribution in [0.3, 0.4) is 0 Å². The molecule has 2 aromatic heterocycles. The van der Waals surface area contributed by atoms with Crippen LogP contribution in [0.15, 0.2) is 114 Å². The van der Waals surface area contributed by atoms with Crippen molar-refractivity contribution in [1.82, 2.24) is 0 Å². The van der Waals surface area contributed by atoms with E-state index >= 15 is 0 Å². The van der Waals surface area contributed by atoms with E-state index in [4.69, 9.17) is 14.8 Å². The number of halogens is 1. The van der Waals surface area contributed by atoms with Gasteiger partial charge in [0.05, 0.1) is 25.3 Å². The number of methoxy groups -OCH3 is 2. The van der Waals surface area contributed by atoms with Gasteiger partial charge in [0.1, 0.15) is 0 Å². The lowest BCUT2D eigenvalue weighted by atomic mass is 9.89. The number of hydrogen-bond acceptors (Lipinski definition) is 8. The fourth-order valence-corrected chi connectivity index (χ4v) is 6.45. The summed E-state index contributed by atoms with van der Waals surface area (Å²) in [6, 6.07) is 34.6. The van der Waals surface area contributed by atoms with Crippen LogP contribution < -0.4 is 4.78 Å². The Labute approximate surface area is 260 Å². The van der Waals surface area contributed by atoms with E-state index in [1.54, 1.807) is 41.7 Å². The molecule has 42 heavy (non-hydrogen) atoms. The first kappa shape index (κ1) is 31.1. The molecule has 0 bridgehead atoms. The fourth-order valence-electron chi connectivity index (χ4n) is 3.97. The summed E-state index contributed by atoms with van der Waals surface area (Å²) in [4.78, 5) is 23.9. The molecule has 0 aliphatic rings. The van der Waals surface area contributed by atoms with E-state index in [9.17, 15) is 9.59 Å². The SMILES string of the molecule is COC(=O)c1ccccc1-c1cc2ccccc2s1.COC(=O)c1ccccc1Br.OB(O)c1cc2ccccc2s1. The number of thiophene rings is 2. The number of carbonyl (C=O) groups is 2. The first-order valence-electron chi connectivity index (χ1n) is 12.7. The molecule has 6 rings (SSSR count). The van der Waals surface area contributed by atoms with Crippen molar-refractivity contribution in [2.45, 2.75) is 0 Å². The maximum absolute atomic E-state index is 11.8. The third-order valence-corrected chi connectivity index (χ3v) is 9.00. The van der Waals surface area contributed by atoms with Crippen LogP contribution >= 0.6 is 38.6 Å². The smallest absolute Gasteiger partial charge is 0.465 e. The average Bonchev–Trinajstić information content (AvgIpc) is 3.66. The highest BCUT2D eigenvalue weighted by Crippen LogP contribution is 2.35. The van der Waals surface area contributed by atoms with E-state index in [2.05, 4.69) is 38.9 Å². The van der Waals surface area contributed by atoms with Gasteiger partial charge in [0.2, 0.25) is 0 Å². The second kappa shape index (κ2) is 14.9. The van der Waals surface area contributed by atoms with Crippen LogP contribution in [0, 0.1) is 0 Å². The molecule has 0 fully saturated rings. The molecule has 0 saturated heterocycles. The molecule has 6 nitrogen and oxygen atoms in total. The van der Waals surface area contributed by atoms with Gasteiger partial charge < -0.3 is 19.5 Å². The highest BCUT2D eigenvalue weighted by atomic mass is 79.9. The Morgan fingerprint density at radius 2 is 1.17 bits per heavy atom. The molecule has 0 spiro atoms. The lowest BCUT2D eigenvalue weighted by molar-refractivity contribution is 0.0591. The lowest BCUT2D eigenvalue weighted by Crippen LogP contribution is -2.26. The van der Waals surface area contributed by atoms with Crippen LogP contribution in [0.2, 0.25) is 0 Å². The number of benzene rings is 4. The monoisotopic (exact) mass is 660 g/mol. The van der Waals surface area contributed by atoms with Crippen LogP contribution in [-0.2, 0) is 9.47 Å². The summed E-state index contributed by atoms with van der Waals surface area (Å²) < 4.78 is 13.0. The zero-order valence-corrected chi connectivity index (χ0v) is 25.9. The van der Waals surface area contributed by atoms with Gasteiger partial charge in [-0.1, -0.05) is 66.7 Å². The molecule has 0 aliphatic carbocycles. The van der Waals surface area contributed by atoms with Gasteiger partial charge in [0, 0.05) is 29.1 Å². The number of esters is 2. The summed E-state index contributed by atoms with van der Waals surface area (Å²) in [6.45, 7) is 0. The van der Waals surface area contributed by atoms with Crippen molar-refractivity contribution in [1.29, 1.82) is 0 Å². The molecule has 4 aromatic carbocycles. The van der Waals surface area contributed by atoms with Gasteiger partial charge in [0.15, 0.2) is 0 Å². The van der Waals surface area contributed by atoms with E-state index < -0.39 is 7.12 Å². The minimum atomic E-state index is -1.35. The molecule has 0 amide bonds. The Hall–Kier alpha value is -3.80. The van der Waals surface area contributed by atoms with Gasteiger partial charge in [-0.15, -0.1) is 22.7 Å². The van der Waals surface area contributed by atoms with E-state index in [-0.39, 0.29) is 11.9 Å². The molecule has 0 saturated carbocycles. The van der Waals surface area contributed by atoms with Crippen molar-refractivity contribution in [2.24, 2.45) is 0 Å². The van der Waals surface area contributed by atoms with Crippen molar-refractivity contribution in [3.8, 4) is 10.4 Å².